The first-order valence-electron chi connectivity index (χ1n) is 9.11. The van der Waals surface area contributed by atoms with Crippen molar-refractivity contribution in [2.24, 2.45) is 5.84 Å². The highest BCUT2D eigenvalue weighted by atomic mass is 16.7. The molecule has 0 aromatic rings. The molecule has 0 heterocycles. The van der Waals surface area contributed by atoms with E-state index >= 15 is 0 Å². The van der Waals surface area contributed by atoms with E-state index in [-0.39, 0.29) is 5.97 Å². The van der Waals surface area contributed by atoms with Gasteiger partial charge in [0.1, 0.15) is 0 Å². The highest BCUT2D eigenvalue weighted by Gasteiger charge is 2.00. The number of carbonyl (C=O) groups is 1. The average molecular weight is 312 g/mol. The normalized spacial score (nSPS) is 11.2. The summed E-state index contributed by atoms with van der Waals surface area (Å²) in [6.45, 7) is 2.26. The van der Waals surface area contributed by atoms with Crippen molar-refractivity contribution < 1.29 is 9.63 Å². The highest BCUT2D eigenvalue weighted by Crippen LogP contribution is 2.10. The summed E-state index contributed by atoms with van der Waals surface area (Å²) in [5.41, 5.74) is 1.91. The zero-order valence-electron chi connectivity index (χ0n) is 14.4. The minimum Gasteiger partial charge on any atom is -0.356 e. The van der Waals surface area contributed by atoms with Gasteiger partial charge < -0.3 is 4.84 Å². The molecule has 4 heteroatoms. The summed E-state index contributed by atoms with van der Waals surface area (Å²) < 4.78 is 0. The summed E-state index contributed by atoms with van der Waals surface area (Å²) in [5, 5.41) is 0. The highest BCUT2D eigenvalue weighted by molar-refractivity contribution is 5.68. The van der Waals surface area contributed by atoms with Crippen molar-refractivity contribution in [3.05, 3.63) is 12.2 Å². The van der Waals surface area contributed by atoms with E-state index < -0.39 is 0 Å². The van der Waals surface area contributed by atoms with Crippen LogP contribution in [0.4, 0.5) is 0 Å². The van der Waals surface area contributed by atoms with Gasteiger partial charge in [0.2, 0.25) is 0 Å². The van der Waals surface area contributed by atoms with Crippen LogP contribution in [0, 0.1) is 0 Å². The molecule has 3 N–H and O–H groups in total. The molecule has 0 aliphatic carbocycles. The summed E-state index contributed by atoms with van der Waals surface area (Å²) in [6, 6.07) is 0. The van der Waals surface area contributed by atoms with E-state index in [1.165, 1.54) is 70.6 Å². The SMILES string of the molecule is CCCCCCCC/C=C\CCCCCCCC(=O)ONN. The zero-order chi connectivity index (χ0) is 16.3. The van der Waals surface area contributed by atoms with Gasteiger partial charge >= 0.3 is 5.97 Å². The minimum atomic E-state index is -0.278. The summed E-state index contributed by atoms with van der Waals surface area (Å²) in [5.74, 6) is 4.61. The summed E-state index contributed by atoms with van der Waals surface area (Å²) in [7, 11) is 0. The molecule has 0 amide bonds. The monoisotopic (exact) mass is 312 g/mol. The van der Waals surface area contributed by atoms with Crippen LogP contribution in [-0.2, 0) is 9.63 Å². The molecule has 0 rings (SSSR count). The largest absolute Gasteiger partial charge is 0.356 e. The maximum absolute atomic E-state index is 11.0. The number of rotatable bonds is 16. The van der Waals surface area contributed by atoms with Crippen molar-refractivity contribution in [2.75, 3.05) is 0 Å². The molecular weight excluding hydrogens is 276 g/mol. The van der Waals surface area contributed by atoms with E-state index in [4.69, 9.17) is 5.84 Å². The van der Waals surface area contributed by atoms with Gasteiger partial charge in [-0.15, -0.1) is 0 Å². The minimum absolute atomic E-state index is 0.278. The van der Waals surface area contributed by atoms with Gasteiger partial charge in [-0.25, -0.2) is 5.84 Å². The van der Waals surface area contributed by atoms with Gasteiger partial charge in [-0.05, 0) is 32.1 Å². The molecule has 0 saturated heterocycles. The van der Waals surface area contributed by atoms with Crippen LogP contribution in [0.25, 0.3) is 0 Å². The van der Waals surface area contributed by atoms with E-state index in [0.717, 1.165) is 12.8 Å². The molecule has 0 saturated carbocycles. The number of carbonyl (C=O) groups excluding carboxylic acids is 1. The van der Waals surface area contributed by atoms with Crippen LogP contribution in [0.3, 0.4) is 0 Å². The van der Waals surface area contributed by atoms with Crippen molar-refractivity contribution in [3.63, 3.8) is 0 Å². The first-order valence-corrected chi connectivity index (χ1v) is 9.11. The third-order valence-corrected chi connectivity index (χ3v) is 3.82. The summed E-state index contributed by atoms with van der Waals surface area (Å²) in [4.78, 5) is 15.4. The molecule has 0 bridgehead atoms. The van der Waals surface area contributed by atoms with Gasteiger partial charge in [-0.3, -0.25) is 4.79 Å². The Bertz CT molecular complexity index is 268. The van der Waals surface area contributed by atoms with Crippen LogP contribution in [0.15, 0.2) is 12.2 Å². The third-order valence-electron chi connectivity index (χ3n) is 3.82. The van der Waals surface area contributed by atoms with Gasteiger partial charge in [0.05, 0.1) is 0 Å². The van der Waals surface area contributed by atoms with Crippen molar-refractivity contribution >= 4 is 5.97 Å². The number of unbranched alkanes of at least 4 members (excludes halogenated alkanes) is 11. The Morgan fingerprint density at radius 3 is 1.91 bits per heavy atom. The average Bonchev–Trinajstić information content (AvgIpc) is 2.51. The molecule has 4 nitrogen and oxygen atoms in total. The molecule has 0 atom stereocenters. The number of allylic oxidation sites excluding steroid dienone is 2. The second-order valence-electron chi connectivity index (χ2n) is 5.93. The Labute approximate surface area is 136 Å². The van der Waals surface area contributed by atoms with Gasteiger partial charge in [0.25, 0.3) is 0 Å². The van der Waals surface area contributed by atoms with Crippen molar-refractivity contribution in [1.82, 2.24) is 5.59 Å². The van der Waals surface area contributed by atoms with Crippen LogP contribution < -0.4 is 11.4 Å². The van der Waals surface area contributed by atoms with Crippen LogP contribution in [-0.4, -0.2) is 5.97 Å². The molecule has 0 unspecified atom stereocenters. The van der Waals surface area contributed by atoms with E-state index in [9.17, 15) is 4.79 Å². The molecule has 0 aromatic carbocycles. The van der Waals surface area contributed by atoms with Crippen molar-refractivity contribution in [1.29, 1.82) is 0 Å². The summed E-state index contributed by atoms with van der Waals surface area (Å²) >= 11 is 0. The Morgan fingerprint density at radius 2 is 1.36 bits per heavy atom. The van der Waals surface area contributed by atoms with Crippen molar-refractivity contribution in [3.8, 4) is 0 Å². The van der Waals surface area contributed by atoms with Gasteiger partial charge in [0.15, 0.2) is 0 Å². The number of nitrogens with one attached hydrogen (secondary N) is 1. The molecule has 0 spiro atoms. The fourth-order valence-electron chi connectivity index (χ4n) is 2.46. The van der Waals surface area contributed by atoms with Crippen molar-refractivity contribution in [2.45, 2.75) is 96.8 Å². The number of nitrogens with two attached hydrogens (primary N) is 1. The van der Waals surface area contributed by atoms with Gasteiger partial charge in [-0.1, -0.05) is 76.0 Å². The lowest BCUT2D eigenvalue weighted by atomic mass is 10.1. The molecule has 0 aliphatic rings. The molecule has 0 radical (unpaired) electrons. The smallest absolute Gasteiger partial charge is 0.326 e. The number of hydrogen-bond donors (Lipinski definition) is 2. The Morgan fingerprint density at radius 1 is 0.864 bits per heavy atom. The first kappa shape index (κ1) is 21.1. The second-order valence-corrected chi connectivity index (χ2v) is 5.93. The van der Waals surface area contributed by atoms with Crippen LogP contribution in [0.1, 0.15) is 96.8 Å². The molecule has 22 heavy (non-hydrogen) atoms. The van der Waals surface area contributed by atoms with Gasteiger partial charge in [-0.2, -0.15) is 0 Å². The first-order chi connectivity index (χ1) is 10.8. The third kappa shape index (κ3) is 17.2. The van der Waals surface area contributed by atoms with Crippen LogP contribution >= 0.6 is 0 Å². The maximum atomic E-state index is 11.0. The molecule has 0 aromatic heterocycles. The van der Waals surface area contributed by atoms with Gasteiger partial charge in [0, 0.05) is 6.42 Å². The Kier molecular flexibility index (Phi) is 17.5. The zero-order valence-corrected chi connectivity index (χ0v) is 14.4. The molecular formula is C18H36N2O2. The lowest BCUT2D eigenvalue weighted by Gasteiger charge is -2.01. The molecule has 0 fully saturated rings. The number of hydrogen-bond acceptors (Lipinski definition) is 4. The fraction of sp³-hybridized carbons (Fsp3) is 0.833. The van der Waals surface area contributed by atoms with E-state index in [2.05, 4.69) is 23.9 Å². The summed E-state index contributed by atoms with van der Waals surface area (Å²) in [6.07, 6.45) is 21.4. The van der Waals surface area contributed by atoms with E-state index in [0.29, 0.717) is 6.42 Å². The Hall–Kier alpha value is -0.870. The van der Waals surface area contributed by atoms with Crippen LogP contribution in [0.5, 0.6) is 0 Å². The topological polar surface area (TPSA) is 64.3 Å². The predicted molar refractivity (Wildman–Crippen MR) is 92.9 cm³/mol. The standard InChI is InChI=1S/C18H36N2O2/c1-2-3-4-5-6-7-8-9-10-11-12-13-14-15-16-17-18(21)22-20-19/h9-10,20H,2-8,11-17,19H2,1H3/b10-9-. The Balaban J connectivity index is 3.12. The predicted octanol–water partition coefficient (Wildman–Crippen LogP) is 4.95. The maximum Gasteiger partial charge on any atom is 0.326 e. The lowest BCUT2D eigenvalue weighted by molar-refractivity contribution is -0.151. The van der Waals surface area contributed by atoms with E-state index in [1.807, 2.05) is 5.59 Å². The van der Waals surface area contributed by atoms with Crippen LogP contribution in [0.2, 0.25) is 0 Å². The quantitative estimate of drug-likeness (QED) is 0.183. The second kappa shape index (κ2) is 18.2. The van der Waals surface area contributed by atoms with E-state index in [1.54, 1.807) is 0 Å². The number of hydrazine groups is 1. The fourth-order valence-corrected chi connectivity index (χ4v) is 2.46. The molecule has 130 valence electrons. The molecule has 0 aliphatic heterocycles. The lowest BCUT2D eigenvalue weighted by Crippen LogP contribution is -2.25.